The van der Waals surface area contributed by atoms with Crippen molar-refractivity contribution in [2.75, 3.05) is 36.8 Å². The van der Waals surface area contributed by atoms with E-state index in [0.717, 1.165) is 18.7 Å². The van der Waals surface area contributed by atoms with Gasteiger partial charge in [-0.05, 0) is 42.8 Å². The molecule has 5 nitrogen and oxygen atoms in total. The van der Waals surface area contributed by atoms with Crippen LogP contribution in [-0.4, -0.2) is 51.2 Å². The molecule has 1 amide bonds. The van der Waals surface area contributed by atoms with Crippen molar-refractivity contribution in [1.29, 1.82) is 0 Å². The van der Waals surface area contributed by atoms with Crippen LogP contribution in [0.5, 0.6) is 0 Å². The molecule has 0 unspecified atom stereocenters. The van der Waals surface area contributed by atoms with E-state index < -0.39 is 9.84 Å². The van der Waals surface area contributed by atoms with Gasteiger partial charge in [0.2, 0.25) is 5.91 Å². The molecular formula is C20H23FN2O3S. The fourth-order valence-electron chi connectivity index (χ4n) is 3.20. The minimum Gasteiger partial charge on any atom is -0.370 e. The predicted octanol–water partition coefficient (Wildman–Crippen LogP) is 2.73. The lowest BCUT2D eigenvalue weighted by Crippen LogP contribution is -2.36. The van der Waals surface area contributed by atoms with Gasteiger partial charge < -0.3 is 9.80 Å². The Balaban J connectivity index is 1.56. The molecule has 1 heterocycles. The van der Waals surface area contributed by atoms with Crippen molar-refractivity contribution < 1.29 is 17.6 Å². The Bertz CT molecular complexity index is 870. The molecule has 1 saturated heterocycles. The van der Waals surface area contributed by atoms with Gasteiger partial charge in [-0.3, -0.25) is 4.79 Å². The summed E-state index contributed by atoms with van der Waals surface area (Å²) in [4.78, 5) is 16.6. The lowest BCUT2D eigenvalue weighted by molar-refractivity contribution is -0.130. The number of hydrogen-bond acceptors (Lipinski definition) is 4. The molecule has 0 aromatic heterocycles. The molecule has 0 spiro atoms. The first-order chi connectivity index (χ1) is 13.0. The first-order valence-corrected chi connectivity index (χ1v) is 10.7. The largest absolute Gasteiger partial charge is 0.370 e. The Morgan fingerprint density at radius 2 is 1.63 bits per heavy atom. The predicted molar refractivity (Wildman–Crippen MR) is 103 cm³/mol. The molecule has 1 fully saturated rings. The molecule has 0 bridgehead atoms. The SMILES string of the molecule is O=C(CCS(=O)(=O)c1ccccc1)N1CCCN(c2ccc(F)cc2)CC1. The maximum Gasteiger partial charge on any atom is 0.223 e. The summed E-state index contributed by atoms with van der Waals surface area (Å²) in [5.74, 6) is -0.603. The highest BCUT2D eigenvalue weighted by atomic mass is 32.2. The maximum absolute atomic E-state index is 13.1. The third-order valence-electron chi connectivity index (χ3n) is 4.73. The van der Waals surface area contributed by atoms with Crippen molar-refractivity contribution in [3.8, 4) is 0 Å². The molecule has 3 rings (SSSR count). The van der Waals surface area contributed by atoms with E-state index in [4.69, 9.17) is 0 Å². The fraction of sp³-hybridized carbons (Fsp3) is 0.350. The monoisotopic (exact) mass is 390 g/mol. The summed E-state index contributed by atoms with van der Waals surface area (Å²) in [7, 11) is -3.45. The summed E-state index contributed by atoms with van der Waals surface area (Å²) in [6, 6.07) is 14.5. The average molecular weight is 390 g/mol. The molecular weight excluding hydrogens is 367 g/mol. The van der Waals surface area contributed by atoms with Crippen molar-refractivity contribution in [3.05, 3.63) is 60.4 Å². The van der Waals surface area contributed by atoms with E-state index in [-0.39, 0.29) is 28.8 Å². The van der Waals surface area contributed by atoms with Crippen LogP contribution in [0.2, 0.25) is 0 Å². The Hall–Kier alpha value is -2.41. The third-order valence-corrected chi connectivity index (χ3v) is 6.46. The maximum atomic E-state index is 13.1. The number of carbonyl (C=O) groups excluding carboxylic acids is 1. The highest BCUT2D eigenvalue weighted by Crippen LogP contribution is 2.18. The summed E-state index contributed by atoms with van der Waals surface area (Å²) in [6.45, 7) is 2.55. The Morgan fingerprint density at radius 3 is 2.33 bits per heavy atom. The van der Waals surface area contributed by atoms with E-state index in [1.165, 1.54) is 12.1 Å². The summed E-state index contributed by atoms with van der Waals surface area (Å²) in [5.41, 5.74) is 0.928. The Morgan fingerprint density at radius 1 is 0.926 bits per heavy atom. The number of hydrogen-bond donors (Lipinski definition) is 0. The number of amides is 1. The first-order valence-electron chi connectivity index (χ1n) is 9.02. The van der Waals surface area contributed by atoms with Crippen molar-refractivity contribution >= 4 is 21.4 Å². The van der Waals surface area contributed by atoms with Crippen LogP contribution < -0.4 is 4.90 Å². The van der Waals surface area contributed by atoms with Crippen LogP contribution in [0.3, 0.4) is 0 Å². The number of halogens is 1. The number of sulfone groups is 1. The highest BCUT2D eigenvalue weighted by Gasteiger charge is 2.22. The fourth-order valence-corrected chi connectivity index (χ4v) is 4.45. The zero-order valence-corrected chi connectivity index (χ0v) is 15.9. The quantitative estimate of drug-likeness (QED) is 0.788. The van der Waals surface area contributed by atoms with Gasteiger partial charge in [-0.2, -0.15) is 0 Å². The average Bonchev–Trinajstić information content (AvgIpc) is 2.94. The number of carbonyl (C=O) groups is 1. The first kappa shape index (κ1) is 19.4. The second-order valence-electron chi connectivity index (χ2n) is 6.58. The summed E-state index contributed by atoms with van der Waals surface area (Å²) >= 11 is 0. The molecule has 27 heavy (non-hydrogen) atoms. The molecule has 144 valence electrons. The van der Waals surface area contributed by atoms with Crippen LogP contribution in [0, 0.1) is 5.82 Å². The van der Waals surface area contributed by atoms with Gasteiger partial charge in [0.05, 0.1) is 10.6 Å². The Labute approximate surface area is 159 Å². The van der Waals surface area contributed by atoms with Gasteiger partial charge in [0, 0.05) is 38.3 Å². The molecule has 2 aromatic rings. The molecule has 0 N–H and O–H groups in total. The van der Waals surface area contributed by atoms with Crippen LogP contribution in [0.25, 0.3) is 0 Å². The molecule has 2 aromatic carbocycles. The van der Waals surface area contributed by atoms with Gasteiger partial charge >= 0.3 is 0 Å². The van der Waals surface area contributed by atoms with Crippen LogP contribution in [0.4, 0.5) is 10.1 Å². The minimum atomic E-state index is -3.45. The molecule has 1 aliphatic heterocycles. The molecule has 0 aliphatic carbocycles. The Kier molecular flexibility index (Phi) is 6.11. The molecule has 0 saturated carbocycles. The second-order valence-corrected chi connectivity index (χ2v) is 8.69. The van der Waals surface area contributed by atoms with Crippen molar-refractivity contribution in [2.24, 2.45) is 0 Å². The number of benzene rings is 2. The van der Waals surface area contributed by atoms with E-state index >= 15 is 0 Å². The van der Waals surface area contributed by atoms with Crippen LogP contribution in [0.15, 0.2) is 59.5 Å². The minimum absolute atomic E-state index is 0.0201. The van der Waals surface area contributed by atoms with E-state index in [1.807, 2.05) is 0 Å². The van der Waals surface area contributed by atoms with E-state index in [9.17, 15) is 17.6 Å². The van der Waals surface area contributed by atoms with E-state index in [0.29, 0.717) is 19.6 Å². The lowest BCUT2D eigenvalue weighted by Gasteiger charge is -2.23. The molecule has 0 radical (unpaired) electrons. The number of rotatable bonds is 5. The van der Waals surface area contributed by atoms with Crippen molar-refractivity contribution in [2.45, 2.75) is 17.7 Å². The van der Waals surface area contributed by atoms with Gasteiger partial charge in [0.1, 0.15) is 5.82 Å². The molecule has 0 atom stereocenters. The molecule has 1 aliphatic rings. The number of anilines is 1. The zero-order chi connectivity index (χ0) is 19.3. The molecule has 7 heteroatoms. The smallest absolute Gasteiger partial charge is 0.223 e. The van der Waals surface area contributed by atoms with Gasteiger partial charge in [0.25, 0.3) is 0 Å². The summed E-state index contributed by atoms with van der Waals surface area (Å²) < 4.78 is 37.8. The van der Waals surface area contributed by atoms with Gasteiger partial charge in [-0.25, -0.2) is 12.8 Å². The van der Waals surface area contributed by atoms with E-state index in [1.54, 1.807) is 47.4 Å². The van der Waals surface area contributed by atoms with Gasteiger partial charge in [-0.15, -0.1) is 0 Å². The zero-order valence-electron chi connectivity index (χ0n) is 15.1. The van der Waals surface area contributed by atoms with Gasteiger partial charge in [0.15, 0.2) is 9.84 Å². The second kappa shape index (κ2) is 8.52. The highest BCUT2D eigenvalue weighted by molar-refractivity contribution is 7.91. The standard InChI is InChI=1S/C20H23FN2O3S/c21-17-7-9-18(10-8-17)22-12-4-13-23(15-14-22)20(24)11-16-27(25,26)19-5-2-1-3-6-19/h1-3,5-10H,4,11-16H2. The van der Waals surface area contributed by atoms with Crippen molar-refractivity contribution in [1.82, 2.24) is 4.90 Å². The van der Waals surface area contributed by atoms with Crippen LogP contribution in [-0.2, 0) is 14.6 Å². The third kappa shape index (κ3) is 5.07. The summed E-state index contributed by atoms with van der Waals surface area (Å²) in [5, 5.41) is 0. The number of nitrogens with zero attached hydrogens (tertiary/aromatic N) is 2. The topological polar surface area (TPSA) is 57.7 Å². The van der Waals surface area contributed by atoms with Gasteiger partial charge in [-0.1, -0.05) is 18.2 Å². The van der Waals surface area contributed by atoms with Crippen LogP contribution in [0.1, 0.15) is 12.8 Å². The van der Waals surface area contributed by atoms with Crippen molar-refractivity contribution in [3.63, 3.8) is 0 Å². The summed E-state index contributed by atoms with van der Waals surface area (Å²) in [6.07, 6.45) is 0.766. The lowest BCUT2D eigenvalue weighted by atomic mass is 10.2. The van der Waals surface area contributed by atoms with Crippen LogP contribution >= 0.6 is 0 Å². The van der Waals surface area contributed by atoms with E-state index in [2.05, 4.69) is 4.90 Å². The normalized spacial score (nSPS) is 15.4.